The first-order valence-electron chi connectivity index (χ1n) is 6.59. The number of hydrogen-bond donors (Lipinski definition) is 1. The monoisotopic (exact) mass is 291 g/mol. The first kappa shape index (κ1) is 13.3. The Morgan fingerprint density at radius 2 is 2.40 bits per heavy atom. The average Bonchev–Trinajstić information content (AvgIpc) is 3.10. The summed E-state index contributed by atoms with van der Waals surface area (Å²) in [5.41, 5.74) is 5.72. The Morgan fingerprint density at radius 1 is 1.55 bits per heavy atom. The number of primary amides is 1. The standard InChI is InChI=1S/C13H17N5OS/c1-9-15-5-12(20-9)8-17-3-2-11(7-17)18-6-10(4-16-18)13(14)19/h4-6,11H,2-3,7-8H2,1H3,(H2,14,19). The molecule has 0 saturated carbocycles. The third-order valence-corrected chi connectivity index (χ3v) is 4.45. The third-order valence-electron chi connectivity index (χ3n) is 3.56. The first-order chi connectivity index (χ1) is 9.61. The van der Waals surface area contributed by atoms with Crippen LogP contribution < -0.4 is 5.73 Å². The largest absolute Gasteiger partial charge is 0.366 e. The van der Waals surface area contributed by atoms with Gasteiger partial charge in [-0.3, -0.25) is 14.4 Å². The number of hydrogen-bond acceptors (Lipinski definition) is 5. The Bertz CT molecular complexity index is 620. The molecule has 0 aliphatic carbocycles. The number of aromatic nitrogens is 3. The van der Waals surface area contributed by atoms with Crippen LogP contribution in [-0.4, -0.2) is 38.7 Å². The van der Waals surface area contributed by atoms with E-state index >= 15 is 0 Å². The van der Waals surface area contributed by atoms with Crippen molar-refractivity contribution in [1.82, 2.24) is 19.7 Å². The van der Waals surface area contributed by atoms with Gasteiger partial charge in [-0.2, -0.15) is 5.10 Å². The van der Waals surface area contributed by atoms with Gasteiger partial charge in [0.2, 0.25) is 0 Å². The van der Waals surface area contributed by atoms with E-state index in [1.807, 2.05) is 17.8 Å². The van der Waals surface area contributed by atoms with Gasteiger partial charge in [0.05, 0.1) is 22.8 Å². The molecule has 2 N–H and O–H groups in total. The minimum absolute atomic E-state index is 0.317. The van der Waals surface area contributed by atoms with Crippen molar-refractivity contribution < 1.29 is 4.79 Å². The fourth-order valence-electron chi connectivity index (χ4n) is 2.54. The van der Waals surface area contributed by atoms with Crippen LogP contribution in [0.5, 0.6) is 0 Å². The van der Waals surface area contributed by atoms with E-state index in [0.29, 0.717) is 11.6 Å². The highest BCUT2D eigenvalue weighted by Gasteiger charge is 2.25. The summed E-state index contributed by atoms with van der Waals surface area (Å²) in [5.74, 6) is -0.425. The molecule has 3 heterocycles. The van der Waals surface area contributed by atoms with Crippen LogP contribution in [0.15, 0.2) is 18.6 Å². The van der Waals surface area contributed by atoms with Gasteiger partial charge in [-0.05, 0) is 13.3 Å². The van der Waals surface area contributed by atoms with E-state index < -0.39 is 5.91 Å². The number of thiazole rings is 1. The third kappa shape index (κ3) is 2.73. The average molecular weight is 291 g/mol. The maximum atomic E-state index is 11.1. The fourth-order valence-corrected chi connectivity index (χ4v) is 3.37. The summed E-state index contributed by atoms with van der Waals surface area (Å²) in [6.45, 7) is 4.94. The summed E-state index contributed by atoms with van der Waals surface area (Å²) in [5, 5.41) is 5.35. The lowest BCUT2D eigenvalue weighted by molar-refractivity contribution is 0.1000. The summed E-state index contributed by atoms with van der Waals surface area (Å²) in [4.78, 5) is 19.1. The summed E-state index contributed by atoms with van der Waals surface area (Å²) in [6, 6.07) is 0.317. The molecule has 1 aliphatic heterocycles. The van der Waals surface area contributed by atoms with Crippen LogP contribution in [0.2, 0.25) is 0 Å². The molecule has 1 saturated heterocycles. The molecule has 106 valence electrons. The Morgan fingerprint density at radius 3 is 3.05 bits per heavy atom. The lowest BCUT2D eigenvalue weighted by atomic mass is 10.3. The number of rotatable bonds is 4. The molecule has 0 aromatic carbocycles. The number of amides is 1. The van der Waals surface area contributed by atoms with Gasteiger partial charge in [0.1, 0.15) is 0 Å². The van der Waals surface area contributed by atoms with Crippen molar-refractivity contribution >= 4 is 17.2 Å². The highest BCUT2D eigenvalue weighted by molar-refractivity contribution is 7.11. The fraction of sp³-hybridized carbons (Fsp3) is 0.462. The van der Waals surface area contributed by atoms with Crippen molar-refractivity contribution in [3.8, 4) is 0 Å². The minimum Gasteiger partial charge on any atom is -0.366 e. The number of carbonyl (C=O) groups is 1. The molecule has 1 fully saturated rings. The predicted molar refractivity (Wildman–Crippen MR) is 76.5 cm³/mol. The van der Waals surface area contributed by atoms with Gasteiger partial charge in [0.15, 0.2) is 0 Å². The van der Waals surface area contributed by atoms with Crippen molar-refractivity contribution in [2.24, 2.45) is 5.73 Å². The summed E-state index contributed by atoms with van der Waals surface area (Å²) in [7, 11) is 0. The molecule has 1 atom stereocenters. The van der Waals surface area contributed by atoms with Crippen LogP contribution in [0.1, 0.15) is 32.7 Å². The molecule has 0 radical (unpaired) electrons. The smallest absolute Gasteiger partial charge is 0.251 e. The lowest BCUT2D eigenvalue weighted by Crippen LogP contribution is -2.21. The Balaban J connectivity index is 1.62. The van der Waals surface area contributed by atoms with Gasteiger partial charge in [0.25, 0.3) is 5.91 Å². The van der Waals surface area contributed by atoms with Crippen LogP contribution >= 0.6 is 11.3 Å². The van der Waals surface area contributed by atoms with Crippen molar-refractivity contribution in [2.45, 2.75) is 25.9 Å². The summed E-state index contributed by atoms with van der Waals surface area (Å²) in [6.07, 6.45) is 6.27. The van der Waals surface area contributed by atoms with Crippen molar-refractivity contribution in [3.63, 3.8) is 0 Å². The van der Waals surface area contributed by atoms with Gasteiger partial charge < -0.3 is 5.73 Å². The Kier molecular flexibility index (Phi) is 3.54. The van der Waals surface area contributed by atoms with E-state index in [4.69, 9.17) is 5.73 Å². The zero-order chi connectivity index (χ0) is 14.1. The molecule has 2 aromatic heterocycles. The topological polar surface area (TPSA) is 77.0 Å². The number of aryl methyl sites for hydroxylation is 1. The number of likely N-dealkylation sites (tertiary alicyclic amines) is 1. The number of nitrogens with two attached hydrogens (primary N) is 1. The van der Waals surface area contributed by atoms with Crippen LogP contribution in [0.3, 0.4) is 0 Å². The van der Waals surface area contributed by atoms with Gasteiger partial charge in [-0.25, -0.2) is 4.98 Å². The number of carbonyl (C=O) groups excluding carboxylic acids is 1. The molecule has 0 spiro atoms. The minimum atomic E-state index is -0.425. The second kappa shape index (κ2) is 5.34. The van der Waals surface area contributed by atoms with Crippen molar-refractivity contribution in [3.05, 3.63) is 34.0 Å². The maximum absolute atomic E-state index is 11.1. The molecule has 1 aliphatic rings. The molecule has 1 amide bonds. The van der Waals surface area contributed by atoms with E-state index in [-0.39, 0.29) is 0 Å². The van der Waals surface area contributed by atoms with E-state index in [9.17, 15) is 4.79 Å². The number of nitrogens with zero attached hydrogens (tertiary/aromatic N) is 4. The second-order valence-electron chi connectivity index (χ2n) is 5.10. The van der Waals surface area contributed by atoms with Crippen molar-refractivity contribution in [1.29, 1.82) is 0 Å². The molecule has 1 unspecified atom stereocenters. The highest BCUT2D eigenvalue weighted by Crippen LogP contribution is 2.24. The molecule has 2 aromatic rings. The van der Waals surface area contributed by atoms with Gasteiger partial charge in [-0.15, -0.1) is 11.3 Å². The van der Waals surface area contributed by atoms with Crippen LogP contribution in [0.25, 0.3) is 0 Å². The quantitative estimate of drug-likeness (QED) is 0.918. The van der Waals surface area contributed by atoms with Crippen molar-refractivity contribution in [2.75, 3.05) is 13.1 Å². The Labute approximate surface area is 121 Å². The highest BCUT2D eigenvalue weighted by atomic mass is 32.1. The SMILES string of the molecule is Cc1ncc(CN2CCC(n3cc(C(N)=O)cn3)C2)s1. The zero-order valence-corrected chi connectivity index (χ0v) is 12.1. The normalized spacial score (nSPS) is 19.6. The molecule has 7 heteroatoms. The van der Waals surface area contributed by atoms with Gasteiger partial charge in [-0.1, -0.05) is 0 Å². The molecular weight excluding hydrogens is 274 g/mol. The summed E-state index contributed by atoms with van der Waals surface area (Å²) < 4.78 is 1.86. The molecular formula is C13H17N5OS. The molecule has 20 heavy (non-hydrogen) atoms. The maximum Gasteiger partial charge on any atom is 0.251 e. The van der Waals surface area contributed by atoms with E-state index in [0.717, 1.165) is 31.1 Å². The summed E-state index contributed by atoms with van der Waals surface area (Å²) >= 11 is 1.74. The van der Waals surface area contributed by atoms with Gasteiger partial charge >= 0.3 is 0 Å². The van der Waals surface area contributed by atoms with E-state index in [1.165, 1.54) is 11.1 Å². The second-order valence-corrected chi connectivity index (χ2v) is 6.42. The Hall–Kier alpha value is -1.73. The first-order valence-corrected chi connectivity index (χ1v) is 7.41. The van der Waals surface area contributed by atoms with E-state index in [1.54, 1.807) is 17.5 Å². The molecule has 3 rings (SSSR count). The van der Waals surface area contributed by atoms with Crippen LogP contribution in [0.4, 0.5) is 0 Å². The predicted octanol–water partition coefficient (Wildman–Crippen LogP) is 1.19. The molecule has 0 bridgehead atoms. The van der Waals surface area contributed by atoms with Crippen LogP contribution in [-0.2, 0) is 6.54 Å². The van der Waals surface area contributed by atoms with Crippen LogP contribution in [0, 0.1) is 6.92 Å². The zero-order valence-electron chi connectivity index (χ0n) is 11.3. The molecule has 6 nitrogen and oxygen atoms in total. The van der Waals surface area contributed by atoms with Gasteiger partial charge in [0, 0.05) is 36.9 Å². The lowest BCUT2D eigenvalue weighted by Gasteiger charge is -2.14. The van der Waals surface area contributed by atoms with E-state index in [2.05, 4.69) is 15.0 Å².